The lowest BCUT2D eigenvalue weighted by Gasteiger charge is -2.43. The summed E-state index contributed by atoms with van der Waals surface area (Å²) in [5.74, 6) is 3.04. The smallest absolute Gasteiger partial charge is 0.408 e. The number of benzene rings is 1. The van der Waals surface area contributed by atoms with Crippen LogP contribution in [-0.2, 0) is 102 Å². The first-order valence-corrected chi connectivity index (χ1v) is 41.2. The molecule has 7 unspecified atom stereocenters. The van der Waals surface area contributed by atoms with Gasteiger partial charge in [0.1, 0.15) is 47.7 Å². The van der Waals surface area contributed by atoms with E-state index in [0.29, 0.717) is 190 Å². The van der Waals surface area contributed by atoms with Crippen molar-refractivity contribution in [3.8, 4) is 0 Å². The molecule has 23 heteroatoms. The monoisotopic (exact) mass is 1520 g/mol. The van der Waals surface area contributed by atoms with E-state index in [2.05, 4.69) is 72.9 Å². The molecule has 2 aliphatic carbocycles. The number of esters is 3. The lowest BCUT2D eigenvalue weighted by molar-refractivity contribution is -0.255. The number of carbonyl (C=O) groups is 10. The van der Waals surface area contributed by atoms with Crippen LogP contribution < -0.4 is 10.6 Å². The molecular weight excluding hydrogens is 1380 g/mol. The number of amides is 2. The van der Waals surface area contributed by atoms with Gasteiger partial charge in [-0.2, -0.15) is 0 Å². The molecule has 2 N–H and O–H groups in total. The van der Waals surface area contributed by atoms with E-state index >= 15 is 0 Å². The molecule has 0 spiro atoms. The van der Waals surface area contributed by atoms with Gasteiger partial charge in [0.2, 0.25) is 5.91 Å². The summed E-state index contributed by atoms with van der Waals surface area (Å²) in [5, 5.41) is 5.84. The van der Waals surface area contributed by atoms with Crippen molar-refractivity contribution in [1.29, 1.82) is 0 Å². The minimum Gasteiger partial charge on any atom is -0.466 e. The lowest BCUT2D eigenvalue weighted by atomic mass is 9.67. The van der Waals surface area contributed by atoms with Crippen molar-refractivity contribution in [2.24, 2.45) is 65.1 Å². The Bertz CT molecular complexity index is 2540. The normalized spacial score (nSPS) is 24.7. The van der Waals surface area contributed by atoms with Crippen molar-refractivity contribution in [3.05, 3.63) is 35.9 Å². The third-order valence-electron chi connectivity index (χ3n) is 23.2. The van der Waals surface area contributed by atoms with Gasteiger partial charge in [-0.1, -0.05) is 105 Å². The van der Waals surface area contributed by atoms with Gasteiger partial charge in [0.05, 0.1) is 71.2 Å². The van der Waals surface area contributed by atoms with Crippen LogP contribution in [0.4, 0.5) is 4.79 Å². The summed E-state index contributed by atoms with van der Waals surface area (Å²) in [4.78, 5) is 126. The molecule has 0 aromatic heterocycles. The van der Waals surface area contributed by atoms with Crippen molar-refractivity contribution in [2.45, 2.75) is 293 Å². The fourth-order valence-electron chi connectivity index (χ4n) is 14.9. The van der Waals surface area contributed by atoms with Crippen LogP contribution in [0.3, 0.4) is 0 Å². The molecule has 23 nitrogen and oxygen atoms in total. The Morgan fingerprint density at radius 2 is 0.769 bits per heavy atom. The molecule has 1 aliphatic heterocycles. The van der Waals surface area contributed by atoms with Gasteiger partial charge in [0, 0.05) is 124 Å². The van der Waals surface area contributed by atoms with E-state index in [0.717, 1.165) is 50.5 Å². The number of ketones is 5. The average molecular weight is 1530 g/mol. The first-order chi connectivity index (χ1) is 51.7. The zero-order valence-electron chi connectivity index (χ0n) is 68.1. The van der Waals surface area contributed by atoms with E-state index in [9.17, 15) is 47.9 Å². The molecule has 3 aliphatic rings. The van der Waals surface area contributed by atoms with E-state index < -0.39 is 17.9 Å². The van der Waals surface area contributed by atoms with Crippen molar-refractivity contribution < 1.29 is 100 Å². The molecule has 616 valence electrons. The van der Waals surface area contributed by atoms with Crippen LogP contribution >= 0.6 is 0 Å². The second kappa shape index (κ2) is 54.2. The maximum absolute atomic E-state index is 13.7. The highest BCUT2D eigenvalue weighted by molar-refractivity contribution is 5.80. The molecule has 2 amide bonds. The summed E-state index contributed by atoms with van der Waals surface area (Å²) in [5.41, 5.74) is -0.635. The molecule has 2 saturated carbocycles. The molecule has 1 saturated heterocycles. The van der Waals surface area contributed by atoms with Crippen LogP contribution in [0.25, 0.3) is 0 Å². The van der Waals surface area contributed by atoms with Gasteiger partial charge >= 0.3 is 24.0 Å². The fraction of sp³-hybridized carbons (Fsp3) is 0.812. The Kier molecular flexibility index (Phi) is 47.6. The third kappa shape index (κ3) is 39.1. The Hall–Kier alpha value is -5.56. The number of ether oxygens (including phenoxy) is 11. The number of unbranched alkanes of at least 4 members (excludes halogenated alkanes) is 8. The zero-order chi connectivity index (χ0) is 79.2. The summed E-state index contributed by atoms with van der Waals surface area (Å²) in [6, 6.07) is 9.17. The fourth-order valence-corrected chi connectivity index (χ4v) is 14.9. The van der Waals surface area contributed by atoms with Gasteiger partial charge in [-0.05, 0) is 155 Å². The number of alkyl carbamates (subject to hydrolysis) is 1. The summed E-state index contributed by atoms with van der Waals surface area (Å²) in [6.45, 7) is 26.4. The molecule has 3 fully saturated rings. The minimum atomic E-state index is -1.39. The number of rotatable bonds is 59. The van der Waals surface area contributed by atoms with Crippen LogP contribution in [0.2, 0.25) is 0 Å². The van der Waals surface area contributed by atoms with Crippen molar-refractivity contribution in [2.75, 3.05) is 85.8 Å². The molecular formula is C85H140N2O21. The summed E-state index contributed by atoms with van der Waals surface area (Å²) < 4.78 is 65.1. The van der Waals surface area contributed by atoms with E-state index in [4.69, 9.17) is 52.1 Å². The first kappa shape index (κ1) is 94.8. The molecule has 4 rings (SSSR count). The van der Waals surface area contributed by atoms with Crippen LogP contribution in [0.15, 0.2) is 30.3 Å². The van der Waals surface area contributed by atoms with Gasteiger partial charge in [-0.25, -0.2) is 4.79 Å². The number of Topliss-reactive ketones (excluding diaryl/α,β-unsaturated/α-hetero) is 5. The van der Waals surface area contributed by atoms with Crippen molar-refractivity contribution in [3.63, 3.8) is 0 Å². The van der Waals surface area contributed by atoms with Gasteiger partial charge in [-0.15, -0.1) is 0 Å². The SMILES string of the molecule is CC(=O)OCC1C[C@@H](OCCCCC(=O)CCCCCC(=O)CCOCC(COCCC(=O)CCCCCC(=O)CCCCO[C@@H]2OC(COC(C)=O)[C@H](C)[C@H](C)C2C)(COCCC(=O)NCCCCC(=O)CCCCO[C@@H]2CC(COC(C)=O)[C@H](C)[C@H](C)C2C)NC(=O)OCc2ccccc2)C(C)[C@@H](C)[C@H]1C. The molecule has 0 bridgehead atoms. The Morgan fingerprint density at radius 3 is 1.20 bits per heavy atom. The third-order valence-corrected chi connectivity index (χ3v) is 23.2. The summed E-state index contributed by atoms with van der Waals surface area (Å²) in [7, 11) is 0. The minimum absolute atomic E-state index is 0.00162. The Morgan fingerprint density at radius 1 is 0.389 bits per heavy atom. The molecule has 1 heterocycles. The van der Waals surface area contributed by atoms with Crippen molar-refractivity contribution >= 4 is 58.8 Å². The van der Waals surface area contributed by atoms with Crippen LogP contribution in [-0.4, -0.2) is 175 Å². The quantitative estimate of drug-likeness (QED) is 0.0348. The van der Waals surface area contributed by atoms with Crippen molar-refractivity contribution in [1.82, 2.24) is 10.6 Å². The van der Waals surface area contributed by atoms with Crippen LogP contribution in [0.1, 0.15) is 262 Å². The second-order valence-corrected chi connectivity index (χ2v) is 31.7. The predicted octanol–water partition coefficient (Wildman–Crippen LogP) is 14.4. The van der Waals surface area contributed by atoms with E-state index in [1.807, 2.05) is 30.3 Å². The first-order valence-electron chi connectivity index (χ1n) is 41.2. The van der Waals surface area contributed by atoms with E-state index in [-0.39, 0.29) is 167 Å². The number of nitrogens with one attached hydrogen (secondary N) is 2. The van der Waals surface area contributed by atoms with Gasteiger partial charge < -0.3 is 62.7 Å². The topological polar surface area (TPSA) is 296 Å². The number of hydrogen-bond donors (Lipinski definition) is 2. The van der Waals surface area contributed by atoms with E-state index in [1.54, 1.807) is 0 Å². The van der Waals surface area contributed by atoms with E-state index in [1.165, 1.54) is 20.8 Å². The molecule has 108 heavy (non-hydrogen) atoms. The Labute approximate surface area is 646 Å². The largest absolute Gasteiger partial charge is 0.466 e. The number of hydrogen-bond acceptors (Lipinski definition) is 21. The van der Waals surface area contributed by atoms with Gasteiger partial charge in [-0.3, -0.25) is 43.2 Å². The predicted molar refractivity (Wildman–Crippen MR) is 411 cm³/mol. The standard InChI is InChI=1S/C85H140N2O21/c1-59-62(4)72(53-104-68(10)88)50-79(64(59)6)101-44-27-23-37-74(91)32-18-14-20-34-77(94)40-47-98-56-85(87-84(97)107-52-71-30-16-13-17-31-71,57-99-48-41-78(95)35-21-15-19-33-75(92)39-25-29-46-103-83-67(9)61(3)66(8)81(108-83)55-106-70(12)90)58-100-49-42-82(96)86-43-26-22-36-76(93)38-24-28-45-102-80-51-73(54-105-69(11)89)63(5)60(2)65(80)7/h13,16-17,30-31,59-67,72-73,79-81,83H,14-15,18-29,32-58H2,1-12H3,(H,86,96)(H,87,97)/t59-,60-,61-,62+,63+,64?,65?,66+,67?,72?,73?,79+,80+,81?,83+,85?/m0/s1. The Balaban J connectivity index is 1.22. The molecule has 1 aromatic carbocycles. The van der Waals surface area contributed by atoms with Gasteiger partial charge in [0.25, 0.3) is 0 Å². The molecule has 1 aromatic rings. The summed E-state index contributed by atoms with van der Waals surface area (Å²) >= 11 is 0. The average Bonchev–Trinajstić information content (AvgIpc) is 0.827. The highest BCUT2D eigenvalue weighted by Crippen LogP contribution is 2.42. The lowest BCUT2D eigenvalue weighted by Crippen LogP contribution is -2.58. The maximum atomic E-state index is 13.7. The summed E-state index contributed by atoms with van der Waals surface area (Å²) in [6.07, 6.45) is 13.6. The zero-order valence-corrected chi connectivity index (χ0v) is 68.1. The molecule has 0 radical (unpaired) electrons. The molecule has 16 atom stereocenters. The number of carbonyl (C=O) groups excluding carboxylic acids is 10. The van der Waals surface area contributed by atoms with Crippen LogP contribution in [0, 0.1) is 65.1 Å². The highest BCUT2D eigenvalue weighted by atomic mass is 16.7. The second-order valence-electron chi connectivity index (χ2n) is 31.7. The highest BCUT2D eigenvalue weighted by Gasteiger charge is 2.43. The van der Waals surface area contributed by atoms with Gasteiger partial charge in [0.15, 0.2) is 6.29 Å². The maximum Gasteiger partial charge on any atom is 0.408 e. The van der Waals surface area contributed by atoms with Crippen LogP contribution in [0.5, 0.6) is 0 Å².